The molecule has 8 rings (SSSR count). The minimum absolute atomic E-state index is 0.0141. The quantitative estimate of drug-likeness (QED) is 0.0380. The SMILES string of the molecule is C=CC(C)O[C@@H]1O[C@H](COCc2ccccc2)[C@@H](O[C@@H]2O[C@H](COCc3ccccc3)[C@@H](OC(C)=O)[C@H](OCc3ccccc3)[C@H]2OCc2ccccc2)[C@H](OCc2ccccc2)[C@H]1OCc1ccccc1. The van der Waals surface area contributed by atoms with E-state index in [1.54, 1.807) is 6.08 Å². The Morgan fingerprint density at radius 3 is 1.15 bits per heavy atom. The van der Waals surface area contributed by atoms with Gasteiger partial charge in [0.2, 0.25) is 0 Å². The third-order valence-corrected chi connectivity index (χ3v) is 12.4. The van der Waals surface area contributed by atoms with Gasteiger partial charge in [-0.3, -0.25) is 4.79 Å². The number of ether oxygens (including phenoxy) is 11. The molecule has 6 aromatic rings. The second-order valence-corrected chi connectivity index (χ2v) is 17.9. The summed E-state index contributed by atoms with van der Waals surface area (Å²) in [5, 5.41) is 0. The highest BCUT2D eigenvalue weighted by molar-refractivity contribution is 5.66. The van der Waals surface area contributed by atoms with Crippen LogP contribution in [0.25, 0.3) is 0 Å². The van der Waals surface area contributed by atoms with Crippen molar-refractivity contribution in [2.75, 3.05) is 13.2 Å². The van der Waals surface area contributed by atoms with Gasteiger partial charge in [-0.2, -0.15) is 0 Å². The lowest BCUT2D eigenvalue weighted by molar-refractivity contribution is -0.377. The van der Waals surface area contributed by atoms with Crippen LogP contribution in [-0.2, 0) is 96.5 Å². The number of hydrogen-bond acceptors (Lipinski definition) is 12. The van der Waals surface area contributed by atoms with E-state index in [-0.39, 0.29) is 46.2 Å². The van der Waals surface area contributed by atoms with Gasteiger partial charge in [0.05, 0.1) is 59.0 Å². The Morgan fingerprint density at radius 1 is 0.458 bits per heavy atom. The van der Waals surface area contributed by atoms with Crippen LogP contribution in [0.3, 0.4) is 0 Å². The van der Waals surface area contributed by atoms with E-state index in [4.69, 9.17) is 52.1 Å². The fourth-order valence-corrected chi connectivity index (χ4v) is 8.70. The predicted octanol–water partition coefficient (Wildman–Crippen LogP) is 10.1. The molecule has 12 heteroatoms. The van der Waals surface area contributed by atoms with E-state index < -0.39 is 73.5 Å². The van der Waals surface area contributed by atoms with Crippen LogP contribution in [0.4, 0.5) is 0 Å². The average Bonchev–Trinajstić information content (AvgIpc) is 3.42. The summed E-state index contributed by atoms with van der Waals surface area (Å²) >= 11 is 0. The van der Waals surface area contributed by atoms with Crippen molar-refractivity contribution in [3.8, 4) is 0 Å². The van der Waals surface area contributed by atoms with Gasteiger partial charge in [0, 0.05) is 6.92 Å². The first kappa shape index (κ1) is 52.5. The molecule has 0 saturated carbocycles. The van der Waals surface area contributed by atoms with Crippen molar-refractivity contribution >= 4 is 5.97 Å². The molecule has 1 unspecified atom stereocenters. The molecule has 0 bridgehead atoms. The number of benzene rings is 6. The van der Waals surface area contributed by atoms with Crippen molar-refractivity contribution in [3.05, 3.63) is 228 Å². The Hall–Kier alpha value is -5.87. The fourth-order valence-electron chi connectivity index (χ4n) is 8.70. The Balaban J connectivity index is 1.21. The molecule has 72 heavy (non-hydrogen) atoms. The van der Waals surface area contributed by atoms with Gasteiger partial charge in [0.15, 0.2) is 18.7 Å². The largest absolute Gasteiger partial charge is 0.457 e. The van der Waals surface area contributed by atoms with Crippen LogP contribution >= 0.6 is 0 Å². The first-order chi connectivity index (χ1) is 35.4. The van der Waals surface area contributed by atoms with Crippen molar-refractivity contribution in [1.29, 1.82) is 0 Å². The van der Waals surface area contributed by atoms with Crippen molar-refractivity contribution in [1.82, 2.24) is 0 Å². The molecule has 11 atom stereocenters. The van der Waals surface area contributed by atoms with Gasteiger partial charge < -0.3 is 52.1 Å². The second-order valence-electron chi connectivity index (χ2n) is 17.9. The van der Waals surface area contributed by atoms with Crippen LogP contribution in [0.2, 0.25) is 0 Å². The summed E-state index contributed by atoms with van der Waals surface area (Å²) in [7, 11) is 0. The van der Waals surface area contributed by atoms with Crippen molar-refractivity contribution in [2.45, 2.75) is 121 Å². The van der Waals surface area contributed by atoms with Crippen molar-refractivity contribution < 1.29 is 56.9 Å². The molecule has 0 aromatic heterocycles. The molecule has 2 saturated heterocycles. The summed E-state index contributed by atoms with van der Waals surface area (Å²) in [5.74, 6) is -0.518. The summed E-state index contributed by atoms with van der Waals surface area (Å²) in [5.41, 5.74) is 5.64. The van der Waals surface area contributed by atoms with Gasteiger partial charge in [-0.1, -0.05) is 188 Å². The van der Waals surface area contributed by atoms with Gasteiger partial charge in [0.1, 0.15) is 42.7 Å². The molecule has 0 spiro atoms. The average molecular weight is 979 g/mol. The van der Waals surface area contributed by atoms with E-state index >= 15 is 0 Å². The molecule has 0 amide bonds. The molecular formula is C60H66O12. The molecule has 2 heterocycles. The monoisotopic (exact) mass is 978 g/mol. The van der Waals surface area contributed by atoms with Crippen LogP contribution in [-0.4, -0.2) is 86.7 Å². The molecule has 2 aliphatic heterocycles. The maximum atomic E-state index is 13.1. The molecule has 6 aromatic carbocycles. The number of carbonyl (C=O) groups is 1. The van der Waals surface area contributed by atoms with Crippen LogP contribution in [0.5, 0.6) is 0 Å². The molecule has 2 fully saturated rings. The Bertz CT molecular complexity index is 2450. The zero-order chi connectivity index (χ0) is 49.7. The molecule has 0 radical (unpaired) electrons. The second kappa shape index (κ2) is 27.8. The molecule has 378 valence electrons. The zero-order valence-electron chi connectivity index (χ0n) is 41.0. The maximum Gasteiger partial charge on any atom is 0.303 e. The minimum Gasteiger partial charge on any atom is -0.457 e. The standard InChI is InChI=1S/C60H66O12/c1-4-43(2)68-59-57(66-39-49-31-19-9-20-32-49)56(65-38-48-29-17-8-18-30-48)54(52(70-59)42-63-36-46-25-13-6-14-26-46)72-60-58(67-40-50-33-21-10-22-34-50)55(64-37-47-27-15-7-16-28-47)53(69-44(3)61)51(71-60)41-62-35-45-23-11-5-12-24-45/h4-34,43,51-60H,1,35-42H2,2-3H3/t43?,51-,52-,53-,54-,55+,56+,57-,58-,59-,60+/m1/s1. The summed E-state index contributed by atoms with van der Waals surface area (Å²) in [6.07, 6.45) is -8.18. The molecular weight excluding hydrogens is 913 g/mol. The van der Waals surface area contributed by atoms with E-state index in [1.807, 2.05) is 189 Å². The highest BCUT2D eigenvalue weighted by Crippen LogP contribution is 2.37. The van der Waals surface area contributed by atoms with Crippen LogP contribution in [0, 0.1) is 0 Å². The topological polar surface area (TPSA) is 119 Å². The fraction of sp³-hybridized carbons (Fsp3) is 0.350. The molecule has 12 nitrogen and oxygen atoms in total. The first-order valence-corrected chi connectivity index (χ1v) is 24.7. The molecule has 0 N–H and O–H groups in total. The van der Waals surface area contributed by atoms with Gasteiger partial charge in [-0.25, -0.2) is 0 Å². The first-order valence-electron chi connectivity index (χ1n) is 24.7. The number of carbonyl (C=O) groups excluding carboxylic acids is 1. The zero-order valence-corrected chi connectivity index (χ0v) is 41.0. The van der Waals surface area contributed by atoms with E-state index in [2.05, 4.69) is 6.58 Å². The van der Waals surface area contributed by atoms with E-state index in [1.165, 1.54) is 6.92 Å². The van der Waals surface area contributed by atoms with Gasteiger partial charge in [-0.05, 0) is 40.3 Å². The summed E-state index contributed by atoms with van der Waals surface area (Å²) in [6.45, 7) is 8.66. The predicted molar refractivity (Wildman–Crippen MR) is 271 cm³/mol. The van der Waals surface area contributed by atoms with Crippen LogP contribution < -0.4 is 0 Å². The van der Waals surface area contributed by atoms with Crippen molar-refractivity contribution in [3.63, 3.8) is 0 Å². The number of rotatable bonds is 26. The highest BCUT2D eigenvalue weighted by atomic mass is 16.8. The summed E-state index contributed by atoms with van der Waals surface area (Å²) < 4.78 is 74.9. The Kier molecular flexibility index (Phi) is 20.3. The Labute approximate surface area is 423 Å². The van der Waals surface area contributed by atoms with E-state index in [0.717, 1.165) is 33.4 Å². The van der Waals surface area contributed by atoms with Gasteiger partial charge >= 0.3 is 5.97 Å². The van der Waals surface area contributed by atoms with Crippen molar-refractivity contribution in [2.24, 2.45) is 0 Å². The van der Waals surface area contributed by atoms with E-state index in [9.17, 15) is 4.79 Å². The van der Waals surface area contributed by atoms with Crippen LogP contribution in [0.15, 0.2) is 195 Å². The molecule has 2 aliphatic rings. The van der Waals surface area contributed by atoms with E-state index in [0.29, 0.717) is 6.61 Å². The third kappa shape index (κ3) is 15.6. The van der Waals surface area contributed by atoms with Crippen LogP contribution in [0.1, 0.15) is 47.2 Å². The lowest BCUT2D eigenvalue weighted by Crippen LogP contribution is -2.66. The smallest absolute Gasteiger partial charge is 0.303 e. The lowest BCUT2D eigenvalue weighted by Gasteiger charge is -2.50. The maximum absolute atomic E-state index is 13.1. The lowest BCUT2D eigenvalue weighted by atomic mass is 9.95. The third-order valence-electron chi connectivity index (χ3n) is 12.4. The van der Waals surface area contributed by atoms with Gasteiger partial charge in [-0.15, -0.1) is 6.58 Å². The normalized spacial score (nSPS) is 24.5. The number of hydrogen-bond donors (Lipinski definition) is 0. The Morgan fingerprint density at radius 2 is 0.778 bits per heavy atom. The summed E-state index contributed by atoms with van der Waals surface area (Å²) in [4.78, 5) is 13.1. The molecule has 0 aliphatic carbocycles. The van der Waals surface area contributed by atoms with Gasteiger partial charge in [0.25, 0.3) is 0 Å². The minimum atomic E-state index is -1.20. The highest BCUT2D eigenvalue weighted by Gasteiger charge is 2.55. The number of esters is 1. The summed E-state index contributed by atoms with van der Waals surface area (Å²) in [6, 6.07) is 59.2.